The molecule has 0 radical (unpaired) electrons. The molecule has 0 saturated carbocycles. The number of carbonyl (C=O) groups is 1. The Morgan fingerprint density at radius 3 is 3.00 bits per heavy atom. The van der Waals surface area contributed by atoms with E-state index in [1.165, 1.54) is 0 Å². The van der Waals surface area contributed by atoms with Crippen LogP contribution in [0.4, 0.5) is 4.79 Å². The Morgan fingerprint density at radius 2 is 2.22 bits per heavy atom. The average molecular weight is 369 g/mol. The molecule has 1 atom stereocenters. The summed E-state index contributed by atoms with van der Waals surface area (Å²) in [7, 11) is 0. The van der Waals surface area contributed by atoms with Crippen LogP contribution in [0, 0.1) is 6.92 Å². The minimum absolute atomic E-state index is 0.0844. The summed E-state index contributed by atoms with van der Waals surface area (Å²) in [5.74, 6) is 1.99. The summed E-state index contributed by atoms with van der Waals surface area (Å²) < 4.78 is 10.2. The van der Waals surface area contributed by atoms with Crippen LogP contribution in [0.2, 0.25) is 0 Å². The number of hydrogen-bond donors (Lipinski definition) is 1. The number of nitrogens with zero attached hydrogens (tertiary/aromatic N) is 6. The van der Waals surface area contributed by atoms with Crippen LogP contribution in [0.25, 0.3) is 11.5 Å². The van der Waals surface area contributed by atoms with Gasteiger partial charge in [0.25, 0.3) is 0 Å². The standard InChI is InChI=1S/C17H19N7O3/c1-11-20-15(22-26-11)12-5-4-8-24(10-12)17(25)19-9-14-21-16(23-27-14)13-6-2-3-7-18-13/h2-3,6-7,12H,4-5,8-10H2,1H3,(H,19,25)/t12-/m1/s1. The quantitative estimate of drug-likeness (QED) is 0.740. The van der Waals surface area contributed by atoms with Gasteiger partial charge in [0, 0.05) is 32.1 Å². The fraction of sp³-hybridized carbons (Fsp3) is 0.412. The SMILES string of the molecule is Cc1nc([C@@H]2CCCN(C(=O)NCc3nc(-c4ccccn4)no3)C2)no1. The van der Waals surface area contributed by atoms with Gasteiger partial charge in [-0.3, -0.25) is 4.98 Å². The van der Waals surface area contributed by atoms with Crippen LogP contribution in [0.15, 0.2) is 33.4 Å². The van der Waals surface area contributed by atoms with Crippen LogP contribution in [-0.4, -0.2) is 49.3 Å². The average Bonchev–Trinajstić information content (AvgIpc) is 3.36. The Hall–Kier alpha value is -3.30. The highest BCUT2D eigenvalue weighted by molar-refractivity contribution is 5.74. The van der Waals surface area contributed by atoms with Gasteiger partial charge >= 0.3 is 6.03 Å². The smallest absolute Gasteiger partial charge is 0.317 e. The second-order valence-electron chi connectivity index (χ2n) is 6.34. The van der Waals surface area contributed by atoms with Gasteiger partial charge in [0.1, 0.15) is 5.69 Å². The van der Waals surface area contributed by atoms with Gasteiger partial charge in [0.05, 0.1) is 6.54 Å². The lowest BCUT2D eigenvalue weighted by Gasteiger charge is -2.31. The number of amides is 2. The van der Waals surface area contributed by atoms with Crippen LogP contribution < -0.4 is 5.32 Å². The van der Waals surface area contributed by atoms with E-state index in [1.54, 1.807) is 24.1 Å². The van der Waals surface area contributed by atoms with Crippen molar-refractivity contribution in [3.05, 3.63) is 42.0 Å². The molecule has 0 aromatic carbocycles. The fourth-order valence-corrected chi connectivity index (χ4v) is 3.04. The number of hydrogen-bond acceptors (Lipinski definition) is 8. The largest absolute Gasteiger partial charge is 0.340 e. The molecule has 10 heteroatoms. The number of pyridine rings is 1. The molecule has 0 bridgehead atoms. The van der Waals surface area contributed by atoms with E-state index in [2.05, 4.69) is 30.6 Å². The number of rotatable bonds is 4. The van der Waals surface area contributed by atoms with Crippen molar-refractivity contribution in [2.45, 2.75) is 32.2 Å². The lowest BCUT2D eigenvalue weighted by atomic mass is 9.98. The van der Waals surface area contributed by atoms with Gasteiger partial charge in [0.2, 0.25) is 17.6 Å². The van der Waals surface area contributed by atoms with E-state index in [0.717, 1.165) is 12.8 Å². The molecular formula is C17H19N7O3. The minimum Gasteiger partial charge on any atom is -0.340 e. The number of aromatic nitrogens is 5. The van der Waals surface area contributed by atoms with Crippen LogP contribution in [0.1, 0.15) is 36.4 Å². The molecule has 4 rings (SSSR count). The van der Waals surface area contributed by atoms with E-state index in [-0.39, 0.29) is 18.5 Å². The molecule has 140 valence electrons. The molecule has 10 nitrogen and oxygen atoms in total. The first-order valence-corrected chi connectivity index (χ1v) is 8.76. The number of aryl methyl sites for hydroxylation is 1. The zero-order valence-corrected chi connectivity index (χ0v) is 14.8. The molecule has 3 aromatic rings. The Labute approximate surface area is 155 Å². The van der Waals surface area contributed by atoms with Crippen molar-refractivity contribution in [3.8, 4) is 11.5 Å². The predicted molar refractivity (Wildman–Crippen MR) is 92.3 cm³/mol. The molecule has 1 aliphatic heterocycles. The summed E-state index contributed by atoms with van der Waals surface area (Å²) in [5, 5.41) is 10.7. The molecule has 2 amide bonds. The topological polar surface area (TPSA) is 123 Å². The number of likely N-dealkylation sites (tertiary alicyclic amines) is 1. The molecular weight excluding hydrogens is 350 g/mol. The van der Waals surface area contributed by atoms with E-state index < -0.39 is 0 Å². The third-order valence-corrected chi connectivity index (χ3v) is 4.37. The summed E-state index contributed by atoms with van der Waals surface area (Å²) in [6, 6.07) is 5.27. The maximum atomic E-state index is 12.5. The molecule has 0 spiro atoms. The first-order chi connectivity index (χ1) is 13.2. The van der Waals surface area contributed by atoms with Gasteiger partial charge in [-0.2, -0.15) is 9.97 Å². The molecule has 3 aromatic heterocycles. The maximum Gasteiger partial charge on any atom is 0.317 e. The van der Waals surface area contributed by atoms with Crippen molar-refractivity contribution in [2.24, 2.45) is 0 Å². The minimum atomic E-state index is -0.183. The molecule has 4 heterocycles. The highest BCUT2D eigenvalue weighted by Gasteiger charge is 2.27. The van der Waals surface area contributed by atoms with E-state index in [4.69, 9.17) is 9.05 Å². The van der Waals surface area contributed by atoms with Crippen molar-refractivity contribution in [1.29, 1.82) is 0 Å². The summed E-state index contributed by atoms with van der Waals surface area (Å²) >= 11 is 0. The number of piperidine rings is 1. The first-order valence-electron chi connectivity index (χ1n) is 8.76. The van der Waals surface area contributed by atoms with Crippen molar-refractivity contribution in [2.75, 3.05) is 13.1 Å². The third kappa shape index (κ3) is 3.94. The fourth-order valence-electron chi connectivity index (χ4n) is 3.04. The highest BCUT2D eigenvalue weighted by Crippen LogP contribution is 2.24. The molecule has 0 unspecified atom stereocenters. The maximum absolute atomic E-state index is 12.5. The Morgan fingerprint density at radius 1 is 1.30 bits per heavy atom. The van der Waals surface area contributed by atoms with Gasteiger partial charge in [-0.15, -0.1) is 0 Å². The van der Waals surface area contributed by atoms with E-state index in [0.29, 0.717) is 42.2 Å². The van der Waals surface area contributed by atoms with Gasteiger partial charge in [-0.1, -0.05) is 16.4 Å². The summed E-state index contributed by atoms with van der Waals surface area (Å²) in [6.45, 7) is 3.14. The molecule has 1 aliphatic rings. The molecule has 27 heavy (non-hydrogen) atoms. The van der Waals surface area contributed by atoms with Crippen LogP contribution in [-0.2, 0) is 6.54 Å². The number of carbonyl (C=O) groups excluding carboxylic acids is 1. The van der Waals surface area contributed by atoms with Crippen LogP contribution in [0.3, 0.4) is 0 Å². The van der Waals surface area contributed by atoms with E-state index in [9.17, 15) is 4.79 Å². The molecule has 1 N–H and O–H groups in total. The Bertz CT molecular complexity index is 908. The van der Waals surface area contributed by atoms with Crippen LogP contribution in [0.5, 0.6) is 0 Å². The van der Waals surface area contributed by atoms with E-state index >= 15 is 0 Å². The van der Waals surface area contributed by atoms with Crippen LogP contribution >= 0.6 is 0 Å². The van der Waals surface area contributed by atoms with E-state index in [1.807, 2.05) is 12.1 Å². The monoisotopic (exact) mass is 369 g/mol. The normalized spacial score (nSPS) is 17.1. The predicted octanol–water partition coefficient (Wildman–Crippen LogP) is 1.91. The van der Waals surface area contributed by atoms with Gasteiger partial charge < -0.3 is 19.3 Å². The summed E-state index contributed by atoms with van der Waals surface area (Å²) in [5.41, 5.74) is 0.619. The summed E-state index contributed by atoms with van der Waals surface area (Å²) in [4.78, 5) is 26.9. The summed E-state index contributed by atoms with van der Waals surface area (Å²) in [6.07, 6.45) is 3.47. The number of nitrogens with one attached hydrogen (secondary N) is 1. The van der Waals surface area contributed by atoms with Crippen molar-refractivity contribution in [3.63, 3.8) is 0 Å². The zero-order valence-electron chi connectivity index (χ0n) is 14.8. The zero-order chi connectivity index (χ0) is 18.6. The second kappa shape index (κ2) is 7.52. The van der Waals surface area contributed by atoms with Crippen molar-refractivity contribution < 1.29 is 13.8 Å². The van der Waals surface area contributed by atoms with Crippen molar-refractivity contribution >= 4 is 6.03 Å². The lowest BCUT2D eigenvalue weighted by Crippen LogP contribution is -2.44. The Balaban J connectivity index is 1.33. The highest BCUT2D eigenvalue weighted by atomic mass is 16.5. The number of urea groups is 1. The lowest BCUT2D eigenvalue weighted by molar-refractivity contribution is 0.176. The second-order valence-corrected chi connectivity index (χ2v) is 6.34. The third-order valence-electron chi connectivity index (χ3n) is 4.37. The first kappa shape index (κ1) is 17.1. The van der Waals surface area contributed by atoms with Gasteiger partial charge in [-0.25, -0.2) is 4.79 Å². The van der Waals surface area contributed by atoms with Gasteiger partial charge in [0.15, 0.2) is 5.82 Å². The molecule has 1 fully saturated rings. The molecule has 1 saturated heterocycles. The van der Waals surface area contributed by atoms with Gasteiger partial charge in [-0.05, 0) is 25.0 Å². The Kier molecular flexibility index (Phi) is 4.77. The molecule has 0 aliphatic carbocycles. The van der Waals surface area contributed by atoms with Crippen molar-refractivity contribution in [1.82, 2.24) is 35.5 Å².